The zero-order valence-corrected chi connectivity index (χ0v) is 15.6. The molecule has 1 atom stereocenters. The van der Waals surface area contributed by atoms with Gasteiger partial charge in [-0.25, -0.2) is 12.8 Å². The molecule has 10 heteroatoms. The van der Waals surface area contributed by atoms with Crippen molar-refractivity contribution in [3.05, 3.63) is 35.6 Å². The summed E-state index contributed by atoms with van der Waals surface area (Å²) in [4.78, 5) is 37.1. The molecule has 1 aliphatic heterocycles. The first-order chi connectivity index (χ1) is 12.7. The average molecular weight is 400 g/mol. The van der Waals surface area contributed by atoms with E-state index in [2.05, 4.69) is 5.32 Å². The number of amides is 2. The van der Waals surface area contributed by atoms with E-state index < -0.39 is 52.6 Å². The number of hydrogen-bond donors (Lipinski definition) is 1. The molecule has 1 aromatic rings. The number of nitrogens with zero attached hydrogens (tertiary/aromatic N) is 1. The van der Waals surface area contributed by atoms with E-state index in [-0.39, 0.29) is 17.1 Å². The third-order valence-corrected chi connectivity index (χ3v) is 5.90. The lowest BCUT2D eigenvalue weighted by molar-refractivity contribution is -0.151. The summed E-state index contributed by atoms with van der Waals surface area (Å²) >= 11 is 0. The summed E-state index contributed by atoms with van der Waals surface area (Å²) in [7, 11) is -3.14. The number of carbonyl (C=O) groups is 3. The summed E-state index contributed by atoms with van der Waals surface area (Å²) in [6, 6.07) is 4.55. The van der Waals surface area contributed by atoms with Gasteiger partial charge in [0.2, 0.25) is 0 Å². The highest BCUT2D eigenvalue weighted by Gasteiger charge is 2.34. The SMILES string of the molecule is CCN(C(=O)COC(=O)CNC(=O)c1cccc(F)c1)[C@@H]1CCS(=O)(=O)C1. The summed E-state index contributed by atoms with van der Waals surface area (Å²) in [5, 5.41) is 2.27. The molecule has 0 spiro atoms. The lowest BCUT2D eigenvalue weighted by Gasteiger charge is -2.26. The van der Waals surface area contributed by atoms with Crippen LogP contribution in [-0.2, 0) is 24.2 Å². The van der Waals surface area contributed by atoms with Crippen LogP contribution in [-0.4, -0.2) is 68.3 Å². The lowest BCUT2D eigenvalue weighted by atomic mass is 10.2. The highest BCUT2D eigenvalue weighted by Crippen LogP contribution is 2.17. The second kappa shape index (κ2) is 8.94. The smallest absolute Gasteiger partial charge is 0.325 e. The Hall–Kier alpha value is -2.49. The number of esters is 1. The Balaban J connectivity index is 1.78. The lowest BCUT2D eigenvalue weighted by Crippen LogP contribution is -2.43. The first-order valence-electron chi connectivity index (χ1n) is 8.41. The zero-order valence-electron chi connectivity index (χ0n) is 14.8. The minimum atomic E-state index is -3.14. The number of halogens is 1. The van der Waals surface area contributed by atoms with Crippen LogP contribution in [0, 0.1) is 5.82 Å². The molecule has 2 amide bonds. The van der Waals surface area contributed by atoms with Crippen molar-refractivity contribution in [2.24, 2.45) is 0 Å². The third kappa shape index (κ3) is 6.02. The maximum atomic E-state index is 13.1. The van der Waals surface area contributed by atoms with E-state index in [0.717, 1.165) is 6.07 Å². The topological polar surface area (TPSA) is 110 Å². The Bertz CT molecular complexity index is 826. The predicted octanol–water partition coefficient (Wildman–Crippen LogP) is 0.134. The summed E-state index contributed by atoms with van der Waals surface area (Å²) in [5.41, 5.74) is 0.0541. The van der Waals surface area contributed by atoms with Crippen LogP contribution in [0.25, 0.3) is 0 Å². The van der Waals surface area contributed by atoms with Gasteiger partial charge < -0.3 is 15.0 Å². The van der Waals surface area contributed by atoms with Crippen molar-refractivity contribution in [3.63, 3.8) is 0 Å². The van der Waals surface area contributed by atoms with Gasteiger partial charge in [0, 0.05) is 18.2 Å². The van der Waals surface area contributed by atoms with Crippen LogP contribution in [0.1, 0.15) is 23.7 Å². The minimum absolute atomic E-state index is 0.0351. The number of sulfone groups is 1. The molecule has 2 rings (SSSR count). The van der Waals surface area contributed by atoms with Crippen molar-refractivity contribution in [1.29, 1.82) is 0 Å². The quantitative estimate of drug-likeness (QED) is 0.652. The first-order valence-corrected chi connectivity index (χ1v) is 10.2. The number of hydrogen-bond acceptors (Lipinski definition) is 6. The largest absolute Gasteiger partial charge is 0.454 e. The van der Waals surface area contributed by atoms with E-state index >= 15 is 0 Å². The Labute approximate surface area is 156 Å². The Morgan fingerprint density at radius 2 is 2.07 bits per heavy atom. The highest BCUT2D eigenvalue weighted by molar-refractivity contribution is 7.91. The Morgan fingerprint density at radius 1 is 1.33 bits per heavy atom. The van der Waals surface area contributed by atoms with Crippen molar-refractivity contribution in [2.45, 2.75) is 19.4 Å². The van der Waals surface area contributed by atoms with Crippen LogP contribution in [0.15, 0.2) is 24.3 Å². The van der Waals surface area contributed by atoms with Gasteiger partial charge >= 0.3 is 5.97 Å². The summed E-state index contributed by atoms with van der Waals surface area (Å²) < 4.78 is 41.0. The van der Waals surface area contributed by atoms with Crippen LogP contribution < -0.4 is 5.32 Å². The van der Waals surface area contributed by atoms with Gasteiger partial charge in [0.05, 0.1) is 11.5 Å². The van der Waals surface area contributed by atoms with Gasteiger partial charge in [0.25, 0.3) is 11.8 Å². The van der Waals surface area contributed by atoms with Crippen molar-refractivity contribution < 1.29 is 31.9 Å². The van der Waals surface area contributed by atoms with Crippen molar-refractivity contribution in [2.75, 3.05) is 31.2 Å². The standard InChI is InChI=1S/C17H21FN2O6S/c1-2-20(14-6-7-27(24,25)11-14)15(21)10-26-16(22)9-19-17(23)12-4-3-5-13(18)8-12/h3-5,8,14H,2,6-7,9-11H2,1H3,(H,19,23)/t14-/m1/s1. The van der Waals surface area contributed by atoms with E-state index in [4.69, 9.17) is 4.74 Å². The molecule has 27 heavy (non-hydrogen) atoms. The maximum absolute atomic E-state index is 13.1. The van der Waals surface area contributed by atoms with E-state index in [1.807, 2.05) is 0 Å². The predicted molar refractivity (Wildman–Crippen MR) is 94.1 cm³/mol. The monoisotopic (exact) mass is 400 g/mol. The number of benzene rings is 1. The number of nitrogens with one attached hydrogen (secondary N) is 1. The van der Waals surface area contributed by atoms with Crippen LogP contribution >= 0.6 is 0 Å². The molecule has 0 aromatic heterocycles. The van der Waals surface area contributed by atoms with E-state index in [9.17, 15) is 27.2 Å². The molecular formula is C17H21FN2O6S. The van der Waals surface area contributed by atoms with Gasteiger partial charge in [-0.1, -0.05) is 6.07 Å². The summed E-state index contributed by atoms with van der Waals surface area (Å²) in [6.45, 7) is 0.988. The van der Waals surface area contributed by atoms with Gasteiger partial charge in [-0.05, 0) is 31.5 Å². The Kier molecular flexibility index (Phi) is 6.89. The highest BCUT2D eigenvalue weighted by atomic mass is 32.2. The van der Waals surface area contributed by atoms with Crippen molar-refractivity contribution >= 4 is 27.6 Å². The molecule has 0 radical (unpaired) electrons. The number of rotatable bonds is 7. The molecular weight excluding hydrogens is 379 g/mol. The minimum Gasteiger partial charge on any atom is -0.454 e. The molecule has 1 aromatic carbocycles. The maximum Gasteiger partial charge on any atom is 0.325 e. The molecule has 8 nitrogen and oxygen atoms in total. The summed E-state index contributed by atoms with van der Waals surface area (Å²) in [5.74, 6) is -2.61. The molecule has 0 aliphatic carbocycles. The molecule has 148 valence electrons. The van der Waals surface area contributed by atoms with Crippen LogP contribution in [0.4, 0.5) is 4.39 Å². The van der Waals surface area contributed by atoms with Crippen LogP contribution in [0.2, 0.25) is 0 Å². The molecule has 1 aliphatic rings. The van der Waals surface area contributed by atoms with E-state index in [1.165, 1.54) is 23.1 Å². The fourth-order valence-corrected chi connectivity index (χ4v) is 4.55. The second-order valence-corrected chi connectivity index (χ2v) is 8.32. The number of carbonyl (C=O) groups excluding carboxylic acids is 3. The van der Waals surface area contributed by atoms with Gasteiger partial charge in [0.1, 0.15) is 12.4 Å². The number of ether oxygens (including phenoxy) is 1. The fourth-order valence-electron chi connectivity index (χ4n) is 2.82. The number of likely N-dealkylation sites (N-methyl/N-ethyl adjacent to an activating group) is 1. The molecule has 1 fully saturated rings. The molecule has 1 N–H and O–H groups in total. The first kappa shape index (κ1) is 20.8. The van der Waals surface area contributed by atoms with Crippen molar-refractivity contribution in [3.8, 4) is 0 Å². The molecule has 1 saturated heterocycles. The average Bonchev–Trinajstić information content (AvgIpc) is 2.98. The Morgan fingerprint density at radius 3 is 2.67 bits per heavy atom. The van der Waals surface area contributed by atoms with Crippen LogP contribution in [0.3, 0.4) is 0 Å². The second-order valence-electron chi connectivity index (χ2n) is 6.09. The fraction of sp³-hybridized carbons (Fsp3) is 0.471. The van der Waals surface area contributed by atoms with Gasteiger partial charge in [-0.15, -0.1) is 0 Å². The van der Waals surface area contributed by atoms with Crippen molar-refractivity contribution in [1.82, 2.24) is 10.2 Å². The van der Waals surface area contributed by atoms with E-state index in [1.54, 1.807) is 6.92 Å². The molecule has 1 heterocycles. The molecule has 0 unspecified atom stereocenters. The van der Waals surface area contributed by atoms with E-state index in [0.29, 0.717) is 13.0 Å². The summed E-state index contributed by atoms with van der Waals surface area (Å²) in [6.07, 6.45) is 0.361. The normalized spacial score (nSPS) is 17.9. The third-order valence-electron chi connectivity index (χ3n) is 4.15. The molecule has 0 bridgehead atoms. The van der Waals surface area contributed by atoms with Gasteiger partial charge in [0.15, 0.2) is 16.4 Å². The van der Waals surface area contributed by atoms with Gasteiger partial charge in [-0.3, -0.25) is 14.4 Å². The molecule has 0 saturated carbocycles. The zero-order chi connectivity index (χ0) is 20.0. The van der Waals surface area contributed by atoms with Crippen LogP contribution in [0.5, 0.6) is 0 Å². The van der Waals surface area contributed by atoms with Gasteiger partial charge in [-0.2, -0.15) is 0 Å².